The quantitative estimate of drug-likeness (QED) is 0.693. The Balaban J connectivity index is 1.41. The normalized spacial score (nSPS) is 19.7. The number of nitrogens with one attached hydrogen (secondary N) is 1. The lowest BCUT2D eigenvalue weighted by Crippen LogP contribution is -2.48. The van der Waals surface area contributed by atoms with Gasteiger partial charge in [-0.25, -0.2) is 0 Å². The van der Waals surface area contributed by atoms with E-state index in [0.717, 1.165) is 23.4 Å². The van der Waals surface area contributed by atoms with Gasteiger partial charge in [0.2, 0.25) is 5.91 Å². The summed E-state index contributed by atoms with van der Waals surface area (Å²) in [6, 6.07) is 9.55. The van der Waals surface area contributed by atoms with Gasteiger partial charge in [-0.2, -0.15) is 13.2 Å². The lowest BCUT2D eigenvalue weighted by atomic mass is 9.83. The van der Waals surface area contributed by atoms with E-state index in [1.54, 1.807) is 12.1 Å². The van der Waals surface area contributed by atoms with E-state index < -0.39 is 23.4 Å². The highest BCUT2D eigenvalue weighted by Gasteiger charge is 2.38. The number of aliphatic hydroxyl groups is 1. The molecule has 2 aliphatic heterocycles. The summed E-state index contributed by atoms with van der Waals surface area (Å²) in [4.78, 5) is 26.6. The molecule has 2 aliphatic rings. The smallest absolute Gasteiger partial charge is 0.385 e. The van der Waals surface area contributed by atoms with E-state index in [4.69, 9.17) is 0 Å². The van der Waals surface area contributed by atoms with Gasteiger partial charge in [-0.3, -0.25) is 14.5 Å². The van der Waals surface area contributed by atoms with Crippen LogP contribution in [0.15, 0.2) is 42.5 Å². The van der Waals surface area contributed by atoms with Gasteiger partial charge in [-0.1, -0.05) is 12.1 Å². The maximum atomic E-state index is 13.1. The van der Waals surface area contributed by atoms with Gasteiger partial charge in [0.15, 0.2) is 5.78 Å². The van der Waals surface area contributed by atoms with E-state index >= 15 is 0 Å². The number of halogens is 3. The zero-order valence-electron chi connectivity index (χ0n) is 17.7. The van der Waals surface area contributed by atoms with Crippen LogP contribution in [0.25, 0.3) is 0 Å². The Morgan fingerprint density at radius 2 is 1.75 bits per heavy atom. The van der Waals surface area contributed by atoms with E-state index in [1.165, 1.54) is 12.1 Å². The number of benzene rings is 2. The summed E-state index contributed by atoms with van der Waals surface area (Å²) in [6.07, 6.45) is -2.77. The predicted octanol–water partition coefficient (Wildman–Crippen LogP) is 4.14. The molecule has 0 aromatic heterocycles. The first-order valence-electron chi connectivity index (χ1n) is 10.7. The van der Waals surface area contributed by atoms with Crippen molar-refractivity contribution in [3.05, 3.63) is 64.7 Å². The highest BCUT2D eigenvalue weighted by molar-refractivity contribution is 6.01. The Hall–Kier alpha value is -2.71. The molecule has 0 saturated carbocycles. The summed E-state index contributed by atoms with van der Waals surface area (Å²) in [5, 5.41) is 13.8. The van der Waals surface area contributed by atoms with Crippen molar-refractivity contribution in [2.24, 2.45) is 0 Å². The van der Waals surface area contributed by atoms with E-state index in [0.29, 0.717) is 49.9 Å². The molecule has 8 heteroatoms. The third-order valence-electron chi connectivity index (χ3n) is 6.59. The number of hydrogen-bond acceptors (Lipinski definition) is 4. The molecule has 0 bridgehead atoms. The second-order valence-electron chi connectivity index (χ2n) is 8.60. The number of carbonyl (C=O) groups excluding carboxylic acids is 2. The first kappa shape index (κ1) is 22.5. The Morgan fingerprint density at radius 3 is 2.38 bits per heavy atom. The number of rotatable bonds is 4. The summed E-state index contributed by atoms with van der Waals surface area (Å²) < 4.78 is 38.4. The number of aryl methyl sites for hydroxylation is 1. The Labute approximate surface area is 184 Å². The van der Waals surface area contributed by atoms with Gasteiger partial charge in [0.1, 0.15) is 0 Å². The van der Waals surface area contributed by atoms with Crippen LogP contribution in [0.5, 0.6) is 0 Å². The van der Waals surface area contributed by atoms with Crippen LogP contribution >= 0.6 is 0 Å². The molecule has 170 valence electrons. The average Bonchev–Trinajstić information content (AvgIpc) is 2.78. The average molecular weight is 446 g/mol. The number of carbonyl (C=O) groups is 2. The van der Waals surface area contributed by atoms with Gasteiger partial charge < -0.3 is 10.4 Å². The fraction of sp³-hybridized carbons (Fsp3) is 0.417. The number of amides is 1. The van der Waals surface area contributed by atoms with Gasteiger partial charge in [0, 0.05) is 30.8 Å². The molecule has 1 atom stereocenters. The Bertz CT molecular complexity index is 1030. The molecule has 2 aromatic rings. The minimum Gasteiger partial charge on any atom is -0.385 e. The van der Waals surface area contributed by atoms with Crippen molar-refractivity contribution in [3.63, 3.8) is 0 Å². The summed E-state index contributed by atoms with van der Waals surface area (Å²) in [5.74, 6) is -0.0662. The molecule has 4 rings (SSSR count). The second kappa shape index (κ2) is 8.33. The molecule has 2 aromatic carbocycles. The summed E-state index contributed by atoms with van der Waals surface area (Å²) in [5.41, 5.74) is 0.763. The van der Waals surface area contributed by atoms with Crippen LogP contribution in [0.3, 0.4) is 0 Å². The minimum atomic E-state index is -4.41. The van der Waals surface area contributed by atoms with Gasteiger partial charge in [0.25, 0.3) is 0 Å². The Kier molecular flexibility index (Phi) is 5.85. The standard InChI is InChI=1S/C24H25F3N2O3/c1-15(22(31)17-2-8-20-16(14-17)3-9-21(30)28-20)29-12-10-23(32,11-13-29)18-4-6-19(7-5-18)24(25,26)27/h2,4-8,14-15,32H,3,9-13H2,1H3,(H,28,30). The fourth-order valence-corrected chi connectivity index (χ4v) is 4.48. The number of anilines is 1. The molecule has 0 aliphatic carbocycles. The van der Waals surface area contributed by atoms with E-state index in [-0.39, 0.29) is 11.7 Å². The lowest BCUT2D eigenvalue weighted by Gasteiger charge is -2.40. The van der Waals surface area contributed by atoms with Crippen molar-refractivity contribution in [3.8, 4) is 0 Å². The summed E-state index contributed by atoms with van der Waals surface area (Å²) in [6.45, 7) is 2.73. The first-order chi connectivity index (χ1) is 15.1. The molecule has 0 radical (unpaired) electrons. The summed E-state index contributed by atoms with van der Waals surface area (Å²) in [7, 11) is 0. The maximum absolute atomic E-state index is 13.1. The number of hydrogen-bond donors (Lipinski definition) is 2. The molecule has 1 amide bonds. The van der Waals surface area contributed by atoms with Crippen molar-refractivity contribution < 1.29 is 27.9 Å². The largest absolute Gasteiger partial charge is 0.416 e. The number of ketones is 1. The molecule has 32 heavy (non-hydrogen) atoms. The second-order valence-corrected chi connectivity index (χ2v) is 8.60. The van der Waals surface area contributed by atoms with Crippen LogP contribution in [0.1, 0.15) is 53.2 Å². The van der Waals surface area contributed by atoms with Gasteiger partial charge in [-0.15, -0.1) is 0 Å². The number of alkyl halides is 3. The maximum Gasteiger partial charge on any atom is 0.416 e. The molecule has 5 nitrogen and oxygen atoms in total. The topological polar surface area (TPSA) is 69.6 Å². The third kappa shape index (κ3) is 4.42. The van der Waals surface area contributed by atoms with Crippen molar-refractivity contribution in [1.82, 2.24) is 4.90 Å². The SMILES string of the molecule is CC(C(=O)c1ccc2c(c1)CCC(=O)N2)N1CCC(O)(c2ccc(C(F)(F)F)cc2)CC1. The third-order valence-corrected chi connectivity index (χ3v) is 6.59. The Morgan fingerprint density at radius 1 is 1.09 bits per heavy atom. The first-order valence-corrected chi connectivity index (χ1v) is 10.7. The summed E-state index contributed by atoms with van der Waals surface area (Å²) >= 11 is 0. The predicted molar refractivity (Wildman–Crippen MR) is 113 cm³/mol. The van der Waals surface area contributed by atoms with Gasteiger partial charge in [-0.05, 0) is 67.6 Å². The molecule has 2 N–H and O–H groups in total. The molecular formula is C24H25F3N2O3. The molecule has 1 unspecified atom stereocenters. The zero-order chi connectivity index (χ0) is 23.1. The number of piperidine rings is 1. The van der Waals surface area contributed by atoms with Crippen molar-refractivity contribution in [1.29, 1.82) is 0 Å². The molecule has 1 saturated heterocycles. The highest BCUT2D eigenvalue weighted by atomic mass is 19.4. The molecular weight excluding hydrogens is 421 g/mol. The van der Waals surface area contributed by atoms with E-state index in [9.17, 15) is 27.9 Å². The molecule has 2 heterocycles. The van der Waals surface area contributed by atoms with Crippen molar-refractivity contribution >= 4 is 17.4 Å². The van der Waals surface area contributed by atoms with Crippen molar-refractivity contribution in [2.45, 2.75) is 50.4 Å². The lowest BCUT2D eigenvalue weighted by molar-refractivity contribution is -0.137. The van der Waals surface area contributed by atoms with Crippen LogP contribution in [-0.2, 0) is 23.0 Å². The van der Waals surface area contributed by atoms with Gasteiger partial charge >= 0.3 is 6.18 Å². The van der Waals surface area contributed by atoms with Crippen LogP contribution in [0, 0.1) is 0 Å². The van der Waals surface area contributed by atoms with Crippen molar-refractivity contribution in [2.75, 3.05) is 18.4 Å². The van der Waals surface area contributed by atoms with E-state index in [2.05, 4.69) is 5.32 Å². The zero-order valence-corrected chi connectivity index (χ0v) is 17.7. The van der Waals surface area contributed by atoms with Crippen LogP contribution < -0.4 is 5.32 Å². The number of likely N-dealkylation sites (tertiary alicyclic amines) is 1. The minimum absolute atomic E-state index is 0.0289. The number of fused-ring (bicyclic) bond motifs is 1. The van der Waals surface area contributed by atoms with Crippen LogP contribution in [0.2, 0.25) is 0 Å². The monoisotopic (exact) mass is 446 g/mol. The number of Topliss-reactive ketones (excluding diaryl/α,β-unsaturated/α-hetero) is 1. The highest BCUT2D eigenvalue weighted by Crippen LogP contribution is 2.36. The van der Waals surface area contributed by atoms with Crippen LogP contribution in [-0.4, -0.2) is 40.8 Å². The molecule has 1 fully saturated rings. The van der Waals surface area contributed by atoms with E-state index in [1.807, 2.05) is 17.9 Å². The van der Waals surface area contributed by atoms with Crippen LogP contribution in [0.4, 0.5) is 18.9 Å². The molecule has 0 spiro atoms. The number of nitrogens with zero attached hydrogens (tertiary/aromatic N) is 1. The van der Waals surface area contributed by atoms with Gasteiger partial charge in [0.05, 0.1) is 17.2 Å². The fourth-order valence-electron chi connectivity index (χ4n) is 4.48.